The van der Waals surface area contributed by atoms with Gasteiger partial charge in [0, 0.05) is 17.1 Å². The molecule has 4 nitrogen and oxygen atoms in total. The van der Waals surface area contributed by atoms with Crippen LogP contribution in [0.1, 0.15) is 31.3 Å². The predicted octanol–water partition coefficient (Wildman–Crippen LogP) is 3.81. The minimum absolute atomic E-state index is 0.282. The van der Waals surface area contributed by atoms with Crippen molar-refractivity contribution in [3.05, 3.63) is 41.5 Å². The van der Waals surface area contributed by atoms with Crippen molar-refractivity contribution in [1.82, 2.24) is 20.5 Å². The van der Waals surface area contributed by atoms with Crippen molar-refractivity contribution in [3.63, 3.8) is 0 Å². The van der Waals surface area contributed by atoms with Crippen molar-refractivity contribution in [2.45, 2.75) is 26.3 Å². The fraction of sp³-hybridized carbons (Fsp3) is 0.312. The maximum absolute atomic E-state index is 4.49. The molecular formula is C16H18N4S. The second-order valence-corrected chi connectivity index (χ2v) is 5.85. The lowest BCUT2D eigenvalue weighted by Gasteiger charge is -2.11. The van der Waals surface area contributed by atoms with Crippen LogP contribution in [0.4, 0.5) is 0 Å². The van der Waals surface area contributed by atoms with Gasteiger partial charge in [0.05, 0.1) is 11.6 Å². The zero-order chi connectivity index (χ0) is 14.7. The van der Waals surface area contributed by atoms with Gasteiger partial charge >= 0.3 is 0 Å². The van der Waals surface area contributed by atoms with E-state index in [1.807, 2.05) is 18.3 Å². The third-order valence-electron chi connectivity index (χ3n) is 3.46. The van der Waals surface area contributed by atoms with E-state index in [4.69, 9.17) is 0 Å². The zero-order valence-corrected chi connectivity index (χ0v) is 13.0. The van der Waals surface area contributed by atoms with Crippen LogP contribution in [0.15, 0.2) is 36.5 Å². The topological polar surface area (TPSA) is 50.7 Å². The van der Waals surface area contributed by atoms with Gasteiger partial charge in [0.2, 0.25) is 0 Å². The Balaban J connectivity index is 2.02. The molecule has 0 bridgehead atoms. The van der Waals surface area contributed by atoms with Crippen LogP contribution in [0.5, 0.6) is 0 Å². The molecule has 0 saturated heterocycles. The first-order chi connectivity index (χ1) is 10.3. The van der Waals surface area contributed by atoms with E-state index in [1.54, 1.807) is 11.3 Å². The van der Waals surface area contributed by atoms with Gasteiger partial charge in [-0.2, -0.15) is 0 Å². The summed E-state index contributed by atoms with van der Waals surface area (Å²) in [7, 11) is 0. The highest BCUT2D eigenvalue weighted by Crippen LogP contribution is 2.31. The van der Waals surface area contributed by atoms with Crippen molar-refractivity contribution in [3.8, 4) is 10.6 Å². The molecule has 1 atom stereocenters. The van der Waals surface area contributed by atoms with E-state index in [0.29, 0.717) is 0 Å². The molecule has 1 aromatic carbocycles. The molecule has 3 aromatic rings. The Kier molecular flexibility index (Phi) is 4.22. The van der Waals surface area contributed by atoms with Crippen LogP contribution in [-0.2, 0) is 0 Å². The second kappa shape index (κ2) is 6.28. The van der Waals surface area contributed by atoms with E-state index in [1.165, 1.54) is 0 Å². The predicted molar refractivity (Wildman–Crippen MR) is 87.4 cm³/mol. The minimum Gasteiger partial charge on any atom is -0.308 e. The summed E-state index contributed by atoms with van der Waals surface area (Å²) in [6, 6.07) is 10.5. The Morgan fingerprint density at radius 2 is 2.00 bits per heavy atom. The largest absolute Gasteiger partial charge is 0.308 e. The van der Waals surface area contributed by atoms with Crippen LogP contribution < -0.4 is 5.32 Å². The number of hydrogen-bond acceptors (Lipinski definition) is 5. The van der Waals surface area contributed by atoms with E-state index in [2.05, 4.69) is 52.5 Å². The number of benzene rings is 1. The highest BCUT2D eigenvalue weighted by Gasteiger charge is 2.16. The van der Waals surface area contributed by atoms with E-state index in [0.717, 1.165) is 39.4 Å². The zero-order valence-electron chi connectivity index (χ0n) is 12.2. The average Bonchev–Trinajstić information content (AvgIpc) is 3.01. The Labute approximate surface area is 128 Å². The van der Waals surface area contributed by atoms with Crippen LogP contribution in [0.25, 0.3) is 21.5 Å². The molecule has 1 unspecified atom stereocenters. The summed E-state index contributed by atoms with van der Waals surface area (Å²) < 4.78 is 0. The molecule has 0 aliphatic heterocycles. The van der Waals surface area contributed by atoms with Crippen LogP contribution >= 0.6 is 11.3 Å². The number of rotatable bonds is 5. The molecule has 108 valence electrons. The van der Waals surface area contributed by atoms with Gasteiger partial charge in [0.1, 0.15) is 10.0 Å². The normalized spacial score (nSPS) is 12.7. The molecule has 5 heteroatoms. The number of aromatic nitrogens is 3. The van der Waals surface area contributed by atoms with Gasteiger partial charge < -0.3 is 5.32 Å². The lowest BCUT2D eigenvalue weighted by atomic mass is 10.1. The van der Waals surface area contributed by atoms with Gasteiger partial charge in [-0.25, -0.2) is 0 Å². The van der Waals surface area contributed by atoms with Crippen molar-refractivity contribution in [2.75, 3.05) is 6.54 Å². The first-order valence-corrected chi connectivity index (χ1v) is 8.06. The number of para-hydroxylation sites is 1. The third-order valence-corrected chi connectivity index (χ3v) is 4.53. The summed E-state index contributed by atoms with van der Waals surface area (Å²) in [5, 5.41) is 15.3. The number of fused-ring (bicyclic) bond motifs is 1. The van der Waals surface area contributed by atoms with E-state index >= 15 is 0 Å². The molecule has 2 aromatic heterocycles. The van der Waals surface area contributed by atoms with Gasteiger partial charge in [0.25, 0.3) is 0 Å². The van der Waals surface area contributed by atoms with E-state index < -0.39 is 0 Å². The van der Waals surface area contributed by atoms with Crippen LogP contribution in [0, 0.1) is 0 Å². The molecule has 0 saturated carbocycles. The second-order valence-electron chi connectivity index (χ2n) is 4.84. The van der Waals surface area contributed by atoms with Gasteiger partial charge in [0.15, 0.2) is 0 Å². The molecule has 0 amide bonds. The quantitative estimate of drug-likeness (QED) is 0.778. The fourth-order valence-corrected chi connectivity index (χ4v) is 3.44. The van der Waals surface area contributed by atoms with Gasteiger partial charge in [-0.1, -0.05) is 43.4 Å². The molecule has 0 radical (unpaired) electrons. The molecule has 2 heterocycles. The van der Waals surface area contributed by atoms with E-state index in [9.17, 15) is 0 Å². The summed E-state index contributed by atoms with van der Waals surface area (Å²) >= 11 is 1.65. The number of nitrogens with zero attached hydrogens (tertiary/aromatic N) is 3. The number of pyridine rings is 1. The van der Waals surface area contributed by atoms with Crippen molar-refractivity contribution in [1.29, 1.82) is 0 Å². The summed E-state index contributed by atoms with van der Waals surface area (Å²) in [6.45, 7) is 5.20. The molecule has 21 heavy (non-hydrogen) atoms. The fourth-order valence-electron chi connectivity index (χ4n) is 2.41. The molecule has 1 N–H and O–H groups in total. The Morgan fingerprint density at radius 3 is 2.81 bits per heavy atom. The summed E-state index contributed by atoms with van der Waals surface area (Å²) in [4.78, 5) is 4.49. The highest BCUT2D eigenvalue weighted by molar-refractivity contribution is 7.14. The Morgan fingerprint density at radius 1 is 1.14 bits per heavy atom. The summed E-state index contributed by atoms with van der Waals surface area (Å²) in [5.41, 5.74) is 2.04. The van der Waals surface area contributed by atoms with Crippen LogP contribution in [0.2, 0.25) is 0 Å². The Hall–Kier alpha value is -1.85. The lowest BCUT2D eigenvalue weighted by molar-refractivity contribution is 0.531. The monoisotopic (exact) mass is 298 g/mol. The van der Waals surface area contributed by atoms with Crippen LogP contribution in [-0.4, -0.2) is 21.7 Å². The maximum Gasteiger partial charge on any atom is 0.150 e. The SMILES string of the molecule is CCNC(CC)c1nnc(-c2cccc3cccnc23)s1. The minimum atomic E-state index is 0.282. The summed E-state index contributed by atoms with van der Waals surface area (Å²) in [6.07, 6.45) is 2.83. The molecular weight excluding hydrogens is 280 g/mol. The summed E-state index contributed by atoms with van der Waals surface area (Å²) in [5.74, 6) is 0. The Bertz CT molecular complexity index is 732. The maximum atomic E-state index is 4.49. The third kappa shape index (κ3) is 2.80. The lowest BCUT2D eigenvalue weighted by Crippen LogP contribution is -2.19. The van der Waals surface area contributed by atoms with Gasteiger partial charge in [-0.3, -0.25) is 4.98 Å². The molecule has 0 fully saturated rings. The van der Waals surface area contributed by atoms with Crippen LogP contribution in [0.3, 0.4) is 0 Å². The van der Waals surface area contributed by atoms with Crippen molar-refractivity contribution < 1.29 is 0 Å². The van der Waals surface area contributed by atoms with Crippen molar-refractivity contribution in [2.24, 2.45) is 0 Å². The molecule has 0 aliphatic rings. The first-order valence-electron chi connectivity index (χ1n) is 7.24. The first kappa shape index (κ1) is 14.1. The van der Waals surface area contributed by atoms with Gasteiger partial charge in [-0.15, -0.1) is 10.2 Å². The highest BCUT2D eigenvalue weighted by atomic mass is 32.1. The van der Waals surface area contributed by atoms with E-state index in [-0.39, 0.29) is 6.04 Å². The standard InChI is InChI=1S/C16H18N4S/c1-3-13(17-4-2)16-20-19-15(21-16)12-9-5-7-11-8-6-10-18-14(11)12/h5-10,13,17H,3-4H2,1-2H3. The van der Waals surface area contributed by atoms with Gasteiger partial charge in [-0.05, 0) is 25.1 Å². The average molecular weight is 298 g/mol. The molecule has 3 rings (SSSR count). The molecule has 0 spiro atoms. The van der Waals surface area contributed by atoms with Crippen molar-refractivity contribution >= 4 is 22.2 Å². The number of hydrogen-bond donors (Lipinski definition) is 1. The smallest absolute Gasteiger partial charge is 0.150 e. The number of nitrogens with one attached hydrogen (secondary N) is 1. The molecule has 0 aliphatic carbocycles.